The molecule has 156 valence electrons. The van der Waals surface area contributed by atoms with Gasteiger partial charge in [0.1, 0.15) is 11.5 Å². The highest BCUT2D eigenvalue weighted by Gasteiger charge is 2.16. The molecule has 0 amide bonds. The number of rotatable bonds is 8. The van der Waals surface area contributed by atoms with Gasteiger partial charge in [-0.1, -0.05) is 43.4 Å². The molecule has 0 bridgehead atoms. The van der Waals surface area contributed by atoms with Crippen LogP contribution < -0.4 is 20.5 Å². The van der Waals surface area contributed by atoms with E-state index in [1.807, 2.05) is 24.0 Å². The number of benzene rings is 1. The van der Waals surface area contributed by atoms with Crippen LogP contribution in [0.25, 0.3) is 0 Å². The number of ether oxygens (including phenoxy) is 2. The van der Waals surface area contributed by atoms with Gasteiger partial charge >= 0.3 is 0 Å². The number of nitrogens with two attached hydrogens (primary N) is 1. The predicted molar refractivity (Wildman–Crippen MR) is 126 cm³/mol. The number of aliphatic hydroxyl groups is 1. The highest BCUT2D eigenvalue weighted by Crippen LogP contribution is 2.39. The van der Waals surface area contributed by atoms with Crippen LogP contribution in [0.4, 0.5) is 11.8 Å². The molecule has 0 fully saturated rings. The SMILES string of the molecule is CC[C@@H](CO)Nc1ncc(Oc2cc(Br)c(OC)cc2C(C)C)c(N)n1.CI. The van der Waals surface area contributed by atoms with E-state index in [2.05, 4.69) is 67.7 Å². The van der Waals surface area contributed by atoms with Crippen molar-refractivity contribution in [3.8, 4) is 17.2 Å². The first-order valence-electron chi connectivity index (χ1n) is 8.82. The molecule has 7 nitrogen and oxygen atoms in total. The average molecular weight is 567 g/mol. The molecular formula is C19H28BrIN4O3. The van der Waals surface area contributed by atoms with E-state index in [4.69, 9.17) is 15.2 Å². The van der Waals surface area contributed by atoms with Crippen molar-refractivity contribution in [3.63, 3.8) is 0 Å². The lowest BCUT2D eigenvalue weighted by atomic mass is 10.0. The molecule has 2 aromatic rings. The highest BCUT2D eigenvalue weighted by molar-refractivity contribution is 14.1. The van der Waals surface area contributed by atoms with Gasteiger partial charge in [-0.05, 0) is 45.3 Å². The van der Waals surface area contributed by atoms with Crippen molar-refractivity contribution in [1.29, 1.82) is 0 Å². The van der Waals surface area contributed by atoms with Gasteiger partial charge in [0.2, 0.25) is 5.95 Å². The molecule has 9 heteroatoms. The summed E-state index contributed by atoms with van der Waals surface area (Å²) in [5, 5.41) is 12.3. The average Bonchev–Trinajstić information content (AvgIpc) is 2.69. The Kier molecular flexibility index (Phi) is 10.8. The van der Waals surface area contributed by atoms with Crippen LogP contribution in [-0.2, 0) is 0 Å². The lowest BCUT2D eigenvalue weighted by Gasteiger charge is -2.18. The van der Waals surface area contributed by atoms with Crippen molar-refractivity contribution in [2.45, 2.75) is 39.2 Å². The van der Waals surface area contributed by atoms with E-state index < -0.39 is 0 Å². The zero-order valence-electron chi connectivity index (χ0n) is 16.8. The summed E-state index contributed by atoms with van der Waals surface area (Å²) < 4.78 is 12.1. The molecule has 0 radical (unpaired) electrons. The Morgan fingerprint density at radius 2 is 1.93 bits per heavy atom. The first kappa shape index (κ1) is 24.7. The normalized spacial score (nSPS) is 11.5. The Bertz CT molecular complexity index is 758. The number of alkyl halides is 1. The Hall–Kier alpha value is -1.33. The standard InChI is InChI=1S/C18H25BrN4O3.CH3I/c1-5-11(9-24)22-18-21-8-16(17(20)23-18)26-14-7-13(19)15(25-4)6-12(14)10(2)3;1-2/h6-8,10-11,24H,5,9H2,1-4H3,(H3,20,21,22,23);1H3/t11-;/m0./s1. The summed E-state index contributed by atoms with van der Waals surface area (Å²) in [5.41, 5.74) is 7.02. The van der Waals surface area contributed by atoms with Crippen LogP contribution in [0.1, 0.15) is 38.7 Å². The van der Waals surface area contributed by atoms with Gasteiger partial charge in [-0.3, -0.25) is 0 Å². The van der Waals surface area contributed by atoms with Crippen LogP contribution >= 0.6 is 38.5 Å². The second kappa shape index (κ2) is 12.3. The van der Waals surface area contributed by atoms with Crippen molar-refractivity contribution < 1.29 is 14.6 Å². The number of halogens is 2. The van der Waals surface area contributed by atoms with E-state index in [0.29, 0.717) is 17.4 Å². The molecule has 0 saturated heterocycles. The van der Waals surface area contributed by atoms with Gasteiger partial charge in [-0.15, -0.1) is 0 Å². The molecule has 0 saturated carbocycles. The van der Waals surface area contributed by atoms with Crippen molar-refractivity contribution in [3.05, 3.63) is 28.4 Å². The molecule has 0 aliphatic heterocycles. The Morgan fingerprint density at radius 1 is 1.25 bits per heavy atom. The maximum atomic E-state index is 9.27. The van der Waals surface area contributed by atoms with Crippen LogP contribution in [0.15, 0.2) is 22.8 Å². The van der Waals surface area contributed by atoms with Gasteiger partial charge in [0.25, 0.3) is 0 Å². The van der Waals surface area contributed by atoms with Gasteiger partial charge in [-0.2, -0.15) is 4.98 Å². The fourth-order valence-electron chi connectivity index (χ4n) is 2.36. The van der Waals surface area contributed by atoms with Crippen LogP contribution in [0.3, 0.4) is 0 Å². The van der Waals surface area contributed by atoms with Gasteiger partial charge in [0, 0.05) is 5.56 Å². The van der Waals surface area contributed by atoms with Crippen molar-refractivity contribution in [2.24, 2.45) is 0 Å². The van der Waals surface area contributed by atoms with E-state index in [-0.39, 0.29) is 24.4 Å². The maximum absolute atomic E-state index is 9.27. The second-order valence-electron chi connectivity index (χ2n) is 6.16. The zero-order valence-corrected chi connectivity index (χ0v) is 20.5. The smallest absolute Gasteiger partial charge is 0.225 e. The minimum Gasteiger partial charge on any atom is -0.496 e. The molecule has 28 heavy (non-hydrogen) atoms. The number of aliphatic hydroxyl groups excluding tert-OH is 1. The van der Waals surface area contributed by atoms with E-state index in [9.17, 15) is 5.11 Å². The maximum Gasteiger partial charge on any atom is 0.225 e. The number of nitrogens with zero attached hydrogens (tertiary/aromatic N) is 2. The lowest BCUT2D eigenvalue weighted by molar-refractivity contribution is 0.271. The third-order valence-corrected chi connectivity index (χ3v) is 4.58. The summed E-state index contributed by atoms with van der Waals surface area (Å²) in [7, 11) is 1.62. The van der Waals surface area contributed by atoms with E-state index >= 15 is 0 Å². The lowest BCUT2D eigenvalue weighted by Crippen LogP contribution is -2.24. The molecule has 0 spiro atoms. The van der Waals surface area contributed by atoms with Crippen LogP contribution in [0.2, 0.25) is 0 Å². The summed E-state index contributed by atoms with van der Waals surface area (Å²) in [6, 6.07) is 3.66. The summed E-state index contributed by atoms with van der Waals surface area (Å²) in [6.45, 7) is 6.10. The van der Waals surface area contributed by atoms with Gasteiger partial charge in [0.15, 0.2) is 11.6 Å². The third kappa shape index (κ3) is 6.63. The number of anilines is 2. The molecule has 0 unspecified atom stereocenters. The van der Waals surface area contributed by atoms with E-state index in [0.717, 1.165) is 22.2 Å². The van der Waals surface area contributed by atoms with Crippen LogP contribution in [0.5, 0.6) is 17.2 Å². The van der Waals surface area contributed by atoms with E-state index in [1.165, 1.54) is 6.20 Å². The number of hydrogen-bond donors (Lipinski definition) is 3. The quantitative estimate of drug-likeness (QED) is 0.306. The minimum atomic E-state index is -0.119. The molecule has 1 aromatic heterocycles. The fraction of sp³-hybridized carbons (Fsp3) is 0.474. The second-order valence-corrected chi connectivity index (χ2v) is 7.01. The molecule has 0 aliphatic rings. The third-order valence-electron chi connectivity index (χ3n) is 3.96. The summed E-state index contributed by atoms with van der Waals surface area (Å²) in [4.78, 5) is 10.4. The Balaban J connectivity index is 0.00000190. The van der Waals surface area contributed by atoms with Crippen molar-refractivity contribution in [1.82, 2.24) is 9.97 Å². The molecule has 2 rings (SSSR count). The van der Waals surface area contributed by atoms with Crippen LogP contribution in [-0.4, -0.2) is 39.8 Å². The summed E-state index contributed by atoms with van der Waals surface area (Å²) >= 11 is 5.63. The Morgan fingerprint density at radius 3 is 2.43 bits per heavy atom. The zero-order chi connectivity index (χ0) is 21.3. The van der Waals surface area contributed by atoms with Crippen molar-refractivity contribution >= 4 is 50.3 Å². The van der Waals surface area contributed by atoms with Gasteiger partial charge in [0.05, 0.1) is 30.4 Å². The van der Waals surface area contributed by atoms with Gasteiger partial charge < -0.3 is 25.6 Å². The fourth-order valence-corrected chi connectivity index (χ4v) is 2.84. The largest absolute Gasteiger partial charge is 0.496 e. The van der Waals surface area contributed by atoms with E-state index in [1.54, 1.807) is 7.11 Å². The number of hydrogen-bond acceptors (Lipinski definition) is 7. The molecule has 1 atom stereocenters. The molecular weight excluding hydrogens is 539 g/mol. The minimum absolute atomic E-state index is 0.00433. The van der Waals surface area contributed by atoms with Gasteiger partial charge in [-0.25, -0.2) is 4.98 Å². The number of methoxy groups -OCH3 is 1. The molecule has 0 aliphatic carbocycles. The predicted octanol–water partition coefficient (Wildman–Crippen LogP) is 4.98. The topological polar surface area (TPSA) is 103 Å². The highest BCUT2D eigenvalue weighted by atomic mass is 127. The first-order chi connectivity index (χ1) is 13.4. The molecule has 1 aromatic carbocycles. The monoisotopic (exact) mass is 566 g/mol. The summed E-state index contributed by atoms with van der Waals surface area (Å²) in [5.74, 6) is 2.56. The molecule has 1 heterocycles. The summed E-state index contributed by atoms with van der Waals surface area (Å²) in [6.07, 6.45) is 2.27. The number of nitrogen functional groups attached to an aromatic ring is 1. The number of aromatic nitrogens is 2. The molecule has 4 N–H and O–H groups in total. The Labute approximate surface area is 188 Å². The van der Waals surface area contributed by atoms with Crippen molar-refractivity contribution in [2.75, 3.05) is 29.7 Å². The van der Waals surface area contributed by atoms with Crippen LogP contribution in [0, 0.1) is 0 Å². The number of nitrogens with one attached hydrogen (secondary N) is 1. The first-order valence-corrected chi connectivity index (χ1v) is 11.8.